The molecule has 0 aliphatic heterocycles. The molecule has 0 bridgehead atoms. The molecule has 0 aromatic heterocycles. The summed E-state index contributed by atoms with van der Waals surface area (Å²) in [5.74, 6) is -0.247. The minimum atomic E-state index is -1.99. The Labute approximate surface area is 163 Å². The van der Waals surface area contributed by atoms with E-state index in [0.717, 1.165) is 11.1 Å². The van der Waals surface area contributed by atoms with Crippen molar-refractivity contribution < 1.29 is 14.6 Å². The van der Waals surface area contributed by atoms with Gasteiger partial charge in [-0.25, -0.2) is 0 Å². The molecule has 1 atom stereocenters. The first-order valence-electron chi connectivity index (χ1n) is 9.97. The van der Waals surface area contributed by atoms with Gasteiger partial charge < -0.3 is 9.84 Å². The molecule has 1 N–H and O–H groups in total. The lowest BCUT2D eigenvalue weighted by atomic mass is 10.0. The third kappa shape index (κ3) is 4.50. The minimum absolute atomic E-state index is 0.0788. The Morgan fingerprint density at radius 2 is 1.63 bits per heavy atom. The second-order valence-corrected chi connectivity index (χ2v) is 12.3. The number of aliphatic hydroxyl groups excluding tert-OH is 1. The van der Waals surface area contributed by atoms with Gasteiger partial charge in [-0.2, -0.15) is 0 Å². The summed E-state index contributed by atoms with van der Waals surface area (Å²) in [5, 5.41) is 12.4. The van der Waals surface area contributed by atoms with Crippen molar-refractivity contribution in [3.8, 4) is 0 Å². The summed E-state index contributed by atoms with van der Waals surface area (Å²) in [4.78, 5) is 11.2. The number of carbonyl (C=O) groups excluding carboxylic acids is 1. The van der Waals surface area contributed by atoms with Crippen molar-refractivity contribution in [1.29, 1.82) is 0 Å². The monoisotopic (exact) mass is 382 g/mol. The predicted octanol–water partition coefficient (Wildman–Crippen LogP) is 3.77. The Balaban J connectivity index is 2.04. The third-order valence-electron chi connectivity index (χ3n) is 6.10. The van der Waals surface area contributed by atoms with Crippen LogP contribution in [0.2, 0.25) is 12.1 Å². The van der Waals surface area contributed by atoms with Crippen molar-refractivity contribution >= 4 is 24.4 Å². The molecule has 1 unspecified atom stereocenters. The van der Waals surface area contributed by atoms with Crippen molar-refractivity contribution in [2.75, 3.05) is 0 Å². The molecule has 0 amide bonds. The molecule has 27 heavy (non-hydrogen) atoms. The van der Waals surface area contributed by atoms with Gasteiger partial charge in [0.05, 0.1) is 6.61 Å². The van der Waals surface area contributed by atoms with Crippen LogP contribution in [-0.2, 0) is 22.7 Å². The number of aliphatic hydroxyl groups is 1. The summed E-state index contributed by atoms with van der Waals surface area (Å²) >= 11 is 0. The number of hydrogen-bond donors (Lipinski definition) is 1. The Morgan fingerprint density at radius 3 is 2.22 bits per heavy atom. The van der Waals surface area contributed by atoms with Gasteiger partial charge in [0.1, 0.15) is 14.7 Å². The molecule has 0 radical (unpaired) electrons. The maximum atomic E-state index is 11.2. The number of carbonyl (C=O) groups is 1. The highest BCUT2D eigenvalue weighted by molar-refractivity contribution is 7.02. The summed E-state index contributed by atoms with van der Waals surface area (Å²) in [7, 11) is -1.99. The molecule has 0 saturated heterocycles. The number of benzene rings is 2. The van der Waals surface area contributed by atoms with E-state index in [1.54, 1.807) is 0 Å². The van der Waals surface area contributed by atoms with Gasteiger partial charge in [-0.15, -0.1) is 0 Å². The molecule has 1 aliphatic carbocycles. The Hall–Kier alpha value is -1.91. The van der Waals surface area contributed by atoms with Crippen LogP contribution in [0.5, 0.6) is 0 Å². The van der Waals surface area contributed by atoms with Gasteiger partial charge >= 0.3 is 5.97 Å². The molecule has 3 nitrogen and oxygen atoms in total. The Kier molecular flexibility index (Phi) is 6.50. The quantitative estimate of drug-likeness (QED) is 0.611. The smallest absolute Gasteiger partial charge is 0.302 e. The normalized spacial score (nSPS) is 17.3. The third-order valence-corrected chi connectivity index (χ3v) is 11.3. The zero-order chi connectivity index (χ0) is 19.3. The molecule has 0 spiro atoms. The van der Waals surface area contributed by atoms with Crippen molar-refractivity contribution in [2.45, 2.75) is 64.3 Å². The number of rotatable bonds is 6. The Bertz CT molecular complexity index is 783. The molecule has 1 saturated carbocycles. The summed E-state index contributed by atoms with van der Waals surface area (Å²) in [6.45, 7) is 4.33. The van der Waals surface area contributed by atoms with E-state index >= 15 is 0 Å². The van der Waals surface area contributed by atoms with Gasteiger partial charge in [-0.1, -0.05) is 97.6 Å². The summed E-state index contributed by atoms with van der Waals surface area (Å²) < 4.78 is 5.23. The van der Waals surface area contributed by atoms with Gasteiger partial charge in [0.2, 0.25) is 0 Å². The van der Waals surface area contributed by atoms with E-state index in [0.29, 0.717) is 12.1 Å². The van der Waals surface area contributed by atoms with E-state index < -0.39 is 8.07 Å². The molecule has 4 heteroatoms. The maximum absolute atomic E-state index is 11.2. The van der Waals surface area contributed by atoms with Gasteiger partial charge in [-0.05, 0) is 16.7 Å². The molecule has 2 aromatic carbocycles. The first-order chi connectivity index (χ1) is 13.0. The van der Waals surface area contributed by atoms with Gasteiger partial charge in [0.25, 0.3) is 0 Å². The van der Waals surface area contributed by atoms with Crippen LogP contribution in [0.25, 0.3) is 0 Å². The maximum Gasteiger partial charge on any atom is 0.302 e. The zero-order valence-electron chi connectivity index (χ0n) is 16.4. The highest BCUT2D eigenvalue weighted by Gasteiger charge is 2.40. The van der Waals surface area contributed by atoms with Crippen LogP contribution < -0.4 is 10.4 Å². The summed E-state index contributed by atoms with van der Waals surface area (Å²) in [6, 6.07) is 17.2. The fourth-order valence-electron chi connectivity index (χ4n) is 4.48. The Morgan fingerprint density at radius 1 is 1.04 bits per heavy atom. The van der Waals surface area contributed by atoms with Crippen LogP contribution in [0, 0.1) is 0 Å². The van der Waals surface area contributed by atoms with Crippen LogP contribution in [-0.4, -0.2) is 19.1 Å². The van der Waals surface area contributed by atoms with Crippen LogP contribution in [0.1, 0.15) is 50.2 Å². The van der Waals surface area contributed by atoms with Crippen molar-refractivity contribution in [3.05, 3.63) is 59.7 Å². The predicted molar refractivity (Wildman–Crippen MR) is 112 cm³/mol. The molecule has 1 aliphatic rings. The van der Waals surface area contributed by atoms with E-state index in [-0.39, 0.29) is 12.6 Å². The molecule has 3 rings (SSSR count). The lowest BCUT2D eigenvalue weighted by Gasteiger charge is -2.39. The zero-order valence-corrected chi connectivity index (χ0v) is 17.4. The van der Waals surface area contributed by atoms with Crippen molar-refractivity contribution in [3.63, 3.8) is 0 Å². The fraction of sp³-hybridized carbons (Fsp3) is 0.435. The van der Waals surface area contributed by atoms with Crippen LogP contribution in [0.4, 0.5) is 0 Å². The largest absolute Gasteiger partial charge is 0.461 e. The first kappa shape index (κ1) is 19.8. The molecular formula is C23H30O3Si. The van der Waals surface area contributed by atoms with Crippen molar-refractivity contribution in [2.24, 2.45) is 0 Å². The minimum Gasteiger partial charge on any atom is -0.461 e. The summed E-state index contributed by atoms with van der Waals surface area (Å²) in [6.07, 6.45) is 6.50. The SMILES string of the molecule is CC(=O)OCc1cccc([Si](C)(c2cccc(CO)c2)C2CCCCC2)c1. The first-order valence-corrected chi connectivity index (χ1v) is 12.5. The van der Waals surface area contributed by atoms with Crippen LogP contribution in [0.3, 0.4) is 0 Å². The highest BCUT2D eigenvalue weighted by Crippen LogP contribution is 2.37. The molecule has 0 heterocycles. The highest BCUT2D eigenvalue weighted by atomic mass is 28.3. The van der Waals surface area contributed by atoms with Gasteiger partial charge in [0, 0.05) is 6.92 Å². The standard InChI is InChI=1S/C23H30O3Si/c1-18(25)26-17-20-9-7-13-23(15-20)27(2,21-10-4-3-5-11-21)22-12-6-8-19(14-22)16-24/h6-9,12-15,21,24H,3-5,10-11,16-17H2,1-2H3. The molecule has 1 fully saturated rings. The number of esters is 1. The van der Waals surface area contributed by atoms with E-state index in [4.69, 9.17) is 4.74 Å². The number of hydrogen-bond acceptors (Lipinski definition) is 3. The average Bonchev–Trinajstić information content (AvgIpc) is 2.72. The average molecular weight is 383 g/mol. The van der Waals surface area contributed by atoms with Gasteiger partial charge in [-0.3, -0.25) is 4.79 Å². The molecule has 144 valence electrons. The second kappa shape index (κ2) is 8.85. The molecule has 2 aromatic rings. The van der Waals surface area contributed by atoms with E-state index in [1.165, 1.54) is 49.4 Å². The number of ether oxygens (including phenoxy) is 1. The van der Waals surface area contributed by atoms with Crippen molar-refractivity contribution in [1.82, 2.24) is 0 Å². The van der Waals surface area contributed by atoms with Gasteiger partial charge in [0.15, 0.2) is 0 Å². The van der Waals surface area contributed by atoms with Crippen LogP contribution >= 0.6 is 0 Å². The van der Waals surface area contributed by atoms with E-state index in [9.17, 15) is 9.90 Å². The molecular weight excluding hydrogens is 352 g/mol. The topological polar surface area (TPSA) is 46.5 Å². The van der Waals surface area contributed by atoms with E-state index in [1.807, 2.05) is 12.1 Å². The lowest BCUT2D eigenvalue weighted by Crippen LogP contribution is -2.59. The fourth-order valence-corrected chi connectivity index (χ4v) is 9.17. The second-order valence-electron chi connectivity index (χ2n) is 7.88. The van der Waals surface area contributed by atoms with Crippen LogP contribution in [0.15, 0.2) is 48.5 Å². The summed E-state index contributed by atoms with van der Waals surface area (Å²) in [5.41, 5.74) is 2.73. The lowest BCUT2D eigenvalue weighted by molar-refractivity contribution is -0.142. The van der Waals surface area contributed by atoms with E-state index in [2.05, 4.69) is 42.9 Å².